The van der Waals surface area contributed by atoms with Crippen LogP contribution in [0.3, 0.4) is 0 Å². The predicted molar refractivity (Wildman–Crippen MR) is 94.6 cm³/mol. The van der Waals surface area contributed by atoms with Gasteiger partial charge < -0.3 is 15.0 Å². The van der Waals surface area contributed by atoms with Crippen molar-refractivity contribution in [1.29, 1.82) is 0 Å². The van der Waals surface area contributed by atoms with Crippen molar-refractivity contribution in [2.24, 2.45) is 0 Å². The number of carbonyl (C=O) groups excluding carboxylic acids is 1. The van der Waals surface area contributed by atoms with Gasteiger partial charge in [-0.05, 0) is 32.0 Å². The number of methoxy groups -OCH3 is 1. The first kappa shape index (κ1) is 16.5. The summed E-state index contributed by atoms with van der Waals surface area (Å²) in [5.74, 6) is 0.363. The lowest BCUT2D eigenvalue weighted by Crippen LogP contribution is -2.16. The number of nitrogens with one attached hydrogen (secondary N) is 2. The second-order valence-electron chi connectivity index (χ2n) is 5.58. The van der Waals surface area contributed by atoms with Gasteiger partial charge in [-0.25, -0.2) is 4.68 Å². The Bertz CT molecular complexity index is 988. The molecule has 3 rings (SSSR count). The number of benzene rings is 1. The first-order chi connectivity index (χ1) is 12.0. The van der Waals surface area contributed by atoms with Gasteiger partial charge in [0.05, 0.1) is 30.3 Å². The number of rotatable bonds is 4. The van der Waals surface area contributed by atoms with Gasteiger partial charge in [-0.2, -0.15) is 5.10 Å². The van der Waals surface area contributed by atoms with E-state index in [0.29, 0.717) is 28.3 Å². The average molecular weight is 338 g/mol. The topological polar surface area (TPSA) is 89.0 Å². The Kier molecular flexibility index (Phi) is 4.38. The number of nitrogens with zero attached hydrogens (tertiary/aromatic N) is 2. The molecule has 0 aliphatic rings. The number of pyridine rings is 1. The van der Waals surface area contributed by atoms with Crippen LogP contribution in [0.5, 0.6) is 5.75 Å². The molecule has 2 heterocycles. The number of carbonyl (C=O) groups is 1. The molecule has 0 unspecified atom stereocenters. The summed E-state index contributed by atoms with van der Waals surface area (Å²) in [4.78, 5) is 26.5. The summed E-state index contributed by atoms with van der Waals surface area (Å²) in [5, 5.41) is 7.07. The third-order valence-electron chi connectivity index (χ3n) is 3.91. The van der Waals surface area contributed by atoms with E-state index in [-0.39, 0.29) is 11.5 Å². The van der Waals surface area contributed by atoms with Crippen LogP contribution >= 0.6 is 0 Å². The number of amides is 1. The molecule has 1 aromatic carbocycles. The minimum atomic E-state index is -0.301. The molecule has 2 aromatic heterocycles. The molecular formula is C18H18N4O3. The zero-order valence-electron chi connectivity index (χ0n) is 14.2. The summed E-state index contributed by atoms with van der Waals surface area (Å²) >= 11 is 0. The molecule has 1 amide bonds. The van der Waals surface area contributed by atoms with Crippen LogP contribution in [0.4, 0.5) is 5.69 Å². The molecule has 3 aromatic rings. The van der Waals surface area contributed by atoms with Crippen LogP contribution in [-0.4, -0.2) is 27.8 Å². The third kappa shape index (κ3) is 3.16. The van der Waals surface area contributed by atoms with Gasteiger partial charge in [0.15, 0.2) is 0 Å². The molecule has 0 radical (unpaired) electrons. The van der Waals surface area contributed by atoms with Crippen molar-refractivity contribution in [3.05, 3.63) is 69.9 Å². The SMILES string of the molecule is COc1ccccc1-n1ncc(C(=O)Nc2c[nH]c(=O)c(C)c2)c1C. The van der Waals surface area contributed by atoms with Crippen molar-refractivity contribution in [2.45, 2.75) is 13.8 Å². The first-order valence-electron chi connectivity index (χ1n) is 7.70. The zero-order chi connectivity index (χ0) is 18.0. The molecule has 0 saturated heterocycles. The Hall–Kier alpha value is -3.35. The van der Waals surface area contributed by atoms with Gasteiger partial charge in [-0.1, -0.05) is 12.1 Å². The molecule has 7 heteroatoms. The Morgan fingerprint density at radius 2 is 2.04 bits per heavy atom. The summed E-state index contributed by atoms with van der Waals surface area (Å²) in [7, 11) is 1.59. The van der Waals surface area contributed by atoms with Gasteiger partial charge in [0.1, 0.15) is 11.4 Å². The molecule has 0 bridgehead atoms. The fraction of sp³-hybridized carbons (Fsp3) is 0.167. The molecule has 25 heavy (non-hydrogen) atoms. The second-order valence-corrected chi connectivity index (χ2v) is 5.58. The Labute approximate surface area is 144 Å². The van der Waals surface area contributed by atoms with E-state index in [1.807, 2.05) is 31.2 Å². The molecule has 0 aliphatic carbocycles. The van der Waals surface area contributed by atoms with E-state index in [9.17, 15) is 9.59 Å². The molecule has 0 atom stereocenters. The van der Waals surface area contributed by atoms with Crippen LogP contribution in [0.1, 0.15) is 21.6 Å². The lowest BCUT2D eigenvalue weighted by molar-refractivity contribution is 0.102. The van der Waals surface area contributed by atoms with Crippen LogP contribution in [0.25, 0.3) is 5.69 Å². The smallest absolute Gasteiger partial charge is 0.259 e. The average Bonchev–Trinajstić information content (AvgIpc) is 2.99. The maximum absolute atomic E-state index is 12.5. The van der Waals surface area contributed by atoms with E-state index in [4.69, 9.17) is 4.74 Å². The maximum atomic E-state index is 12.5. The van der Waals surface area contributed by atoms with Crippen LogP contribution in [-0.2, 0) is 0 Å². The lowest BCUT2D eigenvalue weighted by Gasteiger charge is -2.10. The molecule has 0 saturated carbocycles. The molecule has 2 N–H and O–H groups in total. The number of aryl methyl sites for hydroxylation is 1. The summed E-state index contributed by atoms with van der Waals surface area (Å²) in [6.45, 7) is 3.49. The van der Waals surface area contributed by atoms with Gasteiger partial charge in [0, 0.05) is 11.8 Å². The van der Waals surface area contributed by atoms with Gasteiger partial charge >= 0.3 is 0 Å². The monoisotopic (exact) mass is 338 g/mol. The fourth-order valence-electron chi connectivity index (χ4n) is 2.55. The number of ether oxygens (including phenoxy) is 1. The van der Waals surface area contributed by atoms with Crippen molar-refractivity contribution in [3.8, 4) is 11.4 Å². The number of H-pyrrole nitrogens is 1. The fourth-order valence-corrected chi connectivity index (χ4v) is 2.55. The van der Waals surface area contributed by atoms with Gasteiger partial charge in [0.25, 0.3) is 11.5 Å². The van der Waals surface area contributed by atoms with Crippen LogP contribution in [0.15, 0.2) is 47.5 Å². The van der Waals surface area contributed by atoms with Crippen molar-refractivity contribution in [2.75, 3.05) is 12.4 Å². The zero-order valence-corrected chi connectivity index (χ0v) is 14.2. The number of aromatic nitrogens is 3. The highest BCUT2D eigenvalue weighted by Crippen LogP contribution is 2.24. The Morgan fingerprint density at radius 1 is 1.28 bits per heavy atom. The minimum Gasteiger partial charge on any atom is -0.494 e. The number of hydrogen-bond acceptors (Lipinski definition) is 4. The number of aromatic amines is 1. The Morgan fingerprint density at radius 3 is 2.76 bits per heavy atom. The standard InChI is InChI=1S/C18H18N4O3/c1-11-8-13(9-19-17(11)23)21-18(24)14-10-20-22(12(14)2)15-6-4-5-7-16(15)25-3/h4-10H,1-3H3,(H,19,23)(H,21,24). The minimum absolute atomic E-state index is 0.182. The molecule has 0 fully saturated rings. The van der Waals surface area contributed by atoms with Gasteiger partial charge in [-0.3, -0.25) is 9.59 Å². The summed E-state index contributed by atoms with van der Waals surface area (Å²) in [6.07, 6.45) is 2.98. The molecule has 0 spiro atoms. The van der Waals surface area contributed by atoms with Gasteiger partial charge in [-0.15, -0.1) is 0 Å². The van der Waals surface area contributed by atoms with E-state index >= 15 is 0 Å². The normalized spacial score (nSPS) is 10.5. The summed E-state index contributed by atoms with van der Waals surface area (Å²) in [5.41, 5.74) is 2.74. The first-order valence-corrected chi connectivity index (χ1v) is 7.70. The number of hydrogen-bond donors (Lipinski definition) is 2. The van der Waals surface area contributed by atoms with Gasteiger partial charge in [0.2, 0.25) is 0 Å². The molecular weight excluding hydrogens is 320 g/mol. The van der Waals surface area contributed by atoms with Crippen LogP contribution < -0.4 is 15.6 Å². The van der Waals surface area contributed by atoms with E-state index in [1.165, 1.54) is 12.4 Å². The quantitative estimate of drug-likeness (QED) is 0.765. The molecule has 128 valence electrons. The van der Waals surface area contributed by atoms with Crippen molar-refractivity contribution < 1.29 is 9.53 Å². The summed E-state index contributed by atoms with van der Waals surface area (Å²) < 4.78 is 7.01. The van der Waals surface area contributed by atoms with E-state index in [1.54, 1.807) is 24.8 Å². The lowest BCUT2D eigenvalue weighted by atomic mass is 10.2. The van der Waals surface area contributed by atoms with E-state index in [2.05, 4.69) is 15.4 Å². The highest BCUT2D eigenvalue weighted by atomic mass is 16.5. The van der Waals surface area contributed by atoms with Crippen molar-refractivity contribution in [3.63, 3.8) is 0 Å². The number of anilines is 1. The van der Waals surface area contributed by atoms with Crippen molar-refractivity contribution >= 4 is 11.6 Å². The van der Waals surface area contributed by atoms with Crippen LogP contribution in [0.2, 0.25) is 0 Å². The van der Waals surface area contributed by atoms with E-state index < -0.39 is 0 Å². The largest absolute Gasteiger partial charge is 0.494 e. The second kappa shape index (κ2) is 6.64. The highest BCUT2D eigenvalue weighted by Gasteiger charge is 2.17. The van der Waals surface area contributed by atoms with Crippen molar-refractivity contribution in [1.82, 2.24) is 14.8 Å². The Balaban J connectivity index is 1.91. The molecule has 0 aliphatic heterocycles. The third-order valence-corrected chi connectivity index (χ3v) is 3.91. The number of para-hydroxylation sites is 2. The maximum Gasteiger partial charge on any atom is 0.259 e. The molecule has 7 nitrogen and oxygen atoms in total. The van der Waals surface area contributed by atoms with E-state index in [0.717, 1.165) is 5.69 Å². The summed E-state index contributed by atoms with van der Waals surface area (Å²) in [6, 6.07) is 9.07. The van der Waals surface area contributed by atoms with Crippen LogP contribution in [0, 0.1) is 13.8 Å². The predicted octanol–water partition coefficient (Wildman–Crippen LogP) is 2.44. The highest BCUT2D eigenvalue weighted by molar-refractivity contribution is 6.04.